The Balaban J connectivity index is 1.87. The highest BCUT2D eigenvalue weighted by atomic mass is 16.5. The Kier molecular flexibility index (Phi) is 1.20. The molecule has 0 radical (unpaired) electrons. The third kappa shape index (κ3) is 0.599. The average Bonchev–Trinajstić information content (AvgIpc) is 2.42. The molecule has 1 N–H and O–H groups in total. The van der Waals surface area contributed by atoms with Gasteiger partial charge in [0.2, 0.25) is 0 Å². The second-order valence-corrected chi connectivity index (χ2v) is 6.15. The Labute approximate surface area is 90.3 Å². The molecule has 0 bridgehead atoms. The molecule has 15 heavy (non-hydrogen) atoms. The van der Waals surface area contributed by atoms with Gasteiger partial charge in [-0.2, -0.15) is 0 Å². The van der Waals surface area contributed by atoms with Crippen molar-refractivity contribution in [1.82, 2.24) is 0 Å². The van der Waals surface area contributed by atoms with E-state index in [1.807, 2.05) is 14.0 Å². The Morgan fingerprint density at radius 2 is 2.13 bits per heavy atom. The summed E-state index contributed by atoms with van der Waals surface area (Å²) in [5, 5.41) is 10.4. The second kappa shape index (κ2) is 2.05. The topological polar surface area (TPSA) is 29.5 Å². The van der Waals surface area contributed by atoms with Crippen molar-refractivity contribution in [3.63, 3.8) is 0 Å². The van der Waals surface area contributed by atoms with Gasteiger partial charge in [-0.05, 0) is 32.1 Å². The summed E-state index contributed by atoms with van der Waals surface area (Å²) in [7, 11) is 1.86. The first-order valence-electron chi connectivity index (χ1n) is 6.05. The Bertz CT molecular complexity index is 373. The van der Waals surface area contributed by atoms with Crippen LogP contribution in [0.4, 0.5) is 0 Å². The molecule has 4 aliphatic rings. The lowest BCUT2D eigenvalue weighted by molar-refractivity contribution is 0.00520. The van der Waals surface area contributed by atoms with Gasteiger partial charge in [0.05, 0.1) is 11.2 Å². The molecule has 2 nitrogen and oxygen atoms in total. The average molecular weight is 206 g/mol. The van der Waals surface area contributed by atoms with E-state index in [1.165, 1.54) is 0 Å². The number of hydrogen-bond acceptors (Lipinski definition) is 2. The van der Waals surface area contributed by atoms with E-state index in [0.717, 1.165) is 19.3 Å². The maximum Gasteiger partial charge on any atom is 0.0876 e. The van der Waals surface area contributed by atoms with Gasteiger partial charge < -0.3 is 9.84 Å². The molecule has 0 aromatic rings. The summed E-state index contributed by atoms with van der Waals surface area (Å²) in [4.78, 5) is 0. The van der Waals surface area contributed by atoms with Gasteiger partial charge >= 0.3 is 0 Å². The highest BCUT2D eigenvalue weighted by Crippen LogP contribution is 2.86. The van der Waals surface area contributed by atoms with Crippen LogP contribution in [0.2, 0.25) is 0 Å². The van der Waals surface area contributed by atoms with Gasteiger partial charge in [-0.3, -0.25) is 0 Å². The van der Waals surface area contributed by atoms with Crippen LogP contribution >= 0.6 is 0 Å². The number of hydrogen-bond donors (Lipinski definition) is 1. The maximum atomic E-state index is 10.4. The van der Waals surface area contributed by atoms with Crippen LogP contribution in [0, 0.1) is 23.2 Å². The fraction of sp³-hybridized carbons (Fsp3) is 0.846. The normalized spacial score (nSPS) is 68.3. The summed E-state index contributed by atoms with van der Waals surface area (Å²) >= 11 is 0. The van der Waals surface area contributed by atoms with Crippen LogP contribution in [0.25, 0.3) is 0 Å². The van der Waals surface area contributed by atoms with E-state index in [2.05, 4.69) is 12.2 Å². The lowest BCUT2D eigenvalue weighted by atomic mass is 9.83. The van der Waals surface area contributed by atoms with Crippen LogP contribution in [0.15, 0.2) is 12.2 Å². The minimum absolute atomic E-state index is 0.0954. The van der Waals surface area contributed by atoms with Crippen molar-refractivity contribution in [3.8, 4) is 0 Å². The van der Waals surface area contributed by atoms with E-state index < -0.39 is 5.60 Å². The Morgan fingerprint density at radius 3 is 2.80 bits per heavy atom. The van der Waals surface area contributed by atoms with Crippen LogP contribution in [0.3, 0.4) is 0 Å². The smallest absolute Gasteiger partial charge is 0.0876 e. The molecule has 3 fully saturated rings. The molecule has 0 aromatic carbocycles. The van der Waals surface area contributed by atoms with Crippen molar-refractivity contribution >= 4 is 0 Å². The maximum absolute atomic E-state index is 10.4. The van der Waals surface area contributed by atoms with Crippen LogP contribution in [-0.4, -0.2) is 23.4 Å². The molecule has 4 rings (SSSR count). The Morgan fingerprint density at radius 1 is 1.33 bits per heavy atom. The molecule has 0 heterocycles. The third-order valence-corrected chi connectivity index (χ3v) is 5.99. The number of aliphatic hydroxyl groups is 1. The standard InChI is InChI=1S/C13H18O2/c1-11(14)5-6-12-9-4-3-8(7-10(11)12)13(9,12)15-2/h3-4,8-10,14H,5-7H2,1-2H3/t8-,9?,10+,11-,12?,13-/m0/s1. The van der Waals surface area contributed by atoms with E-state index in [1.54, 1.807) is 0 Å². The molecule has 2 heteroatoms. The quantitative estimate of drug-likeness (QED) is 0.662. The highest BCUT2D eigenvalue weighted by molar-refractivity contribution is 5.46. The van der Waals surface area contributed by atoms with Crippen LogP contribution in [-0.2, 0) is 4.74 Å². The lowest BCUT2D eigenvalue weighted by Crippen LogP contribution is -2.31. The van der Waals surface area contributed by atoms with E-state index in [4.69, 9.17) is 4.74 Å². The van der Waals surface area contributed by atoms with Gasteiger partial charge in [-0.1, -0.05) is 12.2 Å². The summed E-state index contributed by atoms with van der Waals surface area (Å²) in [6.07, 6.45) is 7.93. The fourth-order valence-corrected chi connectivity index (χ4v) is 5.51. The molecule has 3 saturated carbocycles. The van der Waals surface area contributed by atoms with Crippen molar-refractivity contribution in [2.75, 3.05) is 7.11 Å². The summed E-state index contributed by atoms with van der Waals surface area (Å²) in [6.45, 7) is 2.02. The predicted molar refractivity (Wildman–Crippen MR) is 56.3 cm³/mol. The zero-order chi connectivity index (χ0) is 10.5. The van der Waals surface area contributed by atoms with E-state index >= 15 is 0 Å². The molecule has 0 aliphatic heterocycles. The second-order valence-electron chi connectivity index (χ2n) is 6.15. The predicted octanol–water partition coefficient (Wildman–Crippen LogP) is 1.74. The first kappa shape index (κ1) is 8.77. The summed E-state index contributed by atoms with van der Waals surface area (Å²) < 4.78 is 5.88. The molecule has 4 aliphatic carbocycles. The minimum atomic E-state index is -0.445. The van der Waals surface area contributed by atoms with Crippen molar-refractivity contribution in [1.29, 1.82) is 0 Å². The molecule has 0 saturated heterocycles. The van der Waals surface area contributed by atoms with Gasteiger partial charge in [0, 0.05) is 24.4 Å². The zero-order valence-electron chi connectivity index (χ0n) is 9.36. The van der Waals surface area contributed by atoms with Crippen molar-refractivity contribution in [2.24, 2.45) is 23.2 Å². The van der Waals surface area contributed by atoms with E-state index in [-0.39, 0.29) is 5.60 Å². The van der Waals surface area contributed by atoms with Crippen LogP contribution < -0.4 is 0 Å². The van der Waals surface area contributed by atoms with Crippen LogP contribution in [0.1, 0.15) is 26.2 Å². The molecule has 82 valence electrons. The van der Waals surface area contributed by atoms with Crippen molar-refractivity contribution in [3.05, 3.63) is 12.2 Å². The molecular formula is C13H18O2. The first-order valence-corrected chi connectivity index (χ1v) is 6.05. The molecule has 0 aromatic heterocycles. The summed E-state index contributed by atoms with van der Waals surface area (Å²) in [6, 6.07) is 0. The Hall–Kier alpha value is -0.340. The van der Waals surface area contributed by atoms with Gasteiger partial charge in [-0.15, -0.1) is 0 Å². The first-order chi connectivity index (χ1) is 7.09. The number of ether oxygens (including phenoxy) is 1. The monoisotopic (exact) mass is 206 g/mol. The lowest BCUT2D eigenvalue weighted by Gasteiger charge is -2.26. The largest absolute Gasteiger partial charge is 0.390 e. The summed E-state index contributed by atoms with van der Waals surface area (Å²) in [5.74, 6) is 1.65. The van der Waals surface area contributed by atoms with Crippen molar-refractivity contribution in [2.45, 2.75) is 37.4 Å². The van der Waals surface area contributed by atoms with Gasteiger partial charge in [-0.25, -0.2) is 0 Å². The van der Waals surface area contributed by atoms with Gasteiger partial charge in [0.25, 0.3) is 0 Å². The van der Waals surface area contributed by atoms with Crippen LogP contribution in [0.5, 0.6) is 0 Å². The zero-order valence-corrected chi connectivity index (χ0v) is 9.36. The van der Waals surface area contributed by atoms with E-state index in [0.29, 0.717) is 23.2 Å². The van der Waals surface area contributed by atoms with E-state index in [9.17, 15) is 5.11 Å². The fourth-order valence-electron chi connectivity index (χ4n) is 5.51. The number of methoxy groups -OCH3 is 1. The van der Waals surface area contributed by atoms with Crippen molar-refractivity contribution < 1.29 is 9.84 Å². The molecule has 2 unspecified atom stereocenters. The summed E-state index contributed by atoms with van der Waals surface area (Å²) in [5.41, 5.74) is -0.0396. The molecule has 6 atom stereocenters. The molecule has 0 amide bonds. The highest BCUT2D eigenvalue weighted by Gasteiger charge is 2.89. The molecule has 1 spiro atoms. The number of rotatable bonds is 1. The van der Waals surface area contributed by atoms with Gasteiger partial charge in [0.15, 0.2) is 0 Å². The third-order valence-electron chi connectivity index (χ3n) is 5.99. The minimum Gasteiger partial charge on any atom is -0.390 e. The SMILES string of the molecule is CO[C@]12C3C=C[C@H]1C[C@H]1C32CC[C@]1(C)O. The molecular weight excluding hydrogens is 188 g/mol. The van der Waals surface area contributed by atoms with Gasteiger partial charge in [0.1, 0.15) is 0 Å².